The SMILES string of the molecule is CCS(=O)(=O)Oc1ccc(CN(C(=O)c2ccccc2)C(C)C)cc1. The molecule has 0 spiro atoms. The number of carbonyl (C=O) groups is 1. The van der Waals surface area contributed by atoms with Gasteiger partial charge in [0.05, 0.1) is 5.75 Å². The van der Waals surface area contributed by atoms with Crippen molar-refractivity contribution >= 4 is 16.0 Å². The summed E-state index contributed by atoms with van der Waals surface area (Å²) in [5.74, 6) is 0.155. The van der Waals surface area contributed by atoms with Crippen LogP contribution in [0.25, 0.3) is 0 Å². The van der Waals surface area contributed by atoms with Crippen LogP contribution in [0.3, 0.4) is 0 Å². The van der Waals surface area contributed by atoms with Crippen LogP contribution in [-0.4, -0.2) is 31.0 Å². The van der Waals surface area contributed by atoms with Crippen molar-refractivity contribution in [1.29, 1.82) is 0 Å². The molecule has 0 saturated heterocycles. The average Bonchev–Trinajstić information content (AvgIpc) is 2.60. The molecular formula is C19H23NO4S. The molecule has 0 unspecified atom stereocenters. The first kappa shape index (κ1) is 19.0. The van der Waals surface area contributed by atoms with E-state index >= 15 is 0 Å². The molecule has 0 heterocycles. The monoisotopic (exact) mass is 361 g/mol. The Labute approximate surface area is 149 Å². The van der Waals surface area contributed by atoms with Crippen molar-refractivity contribution < 1.29 is 17.4 Å². The normalized spacial score (nSPS) is 11.4. The van der Waals surface area contributed by atoms with Gasteiger partial charge in [0.1, 0.15) is 5.75 Å². The molecule has 0 radical (unpaired) electrons. The highest BCUT2D eigenvalue weighted by Crippen LogP contribution is 2.18. The summed E-state index contributed by atoms with van der Waals surface area (Å²) in [5.41, 5.74) is 1.55. The standard InChI is InChI=1S/C19H23NO4S/c1-4-25(22,23)24-18-12-10-16(11-13-18)14-20(15(2)3)19(21)17-8-6-5-7-9-17/h5-13,15H,4,14H2,1-3H3. The minimum absolute atomic E-state index is 0.0316. The third-order valence-electron chi connectivity index (χ3n) is 3.76. The molecule has 0 bridgehead atoms. The second kappa shape index (κ2) is 8.16. The molecule has 2 aromatic rings. The third kappa shape index (κ3) is 5.32. The number of benzene rings is 2. The van der Waals surface area contributed by atoms with Crippen LogP contribution < -0.4 is 4.18 Å². The number of nitrogens with zero attached hydrogens (tertiary/aromatic N) is 1. The van der Waals surface area contributed by atoms with Crippen LogP contribution in [0.1, 0.15) is 36.7 Å². The lowest BCUT2D eigenvalue weighted by Crippen LogP contribution is -2.36. The highest BCUT2D eigenvalue weighted by atomic mass is 32.2. The largest absolute Gasteiger partial charge is 0.382 e. The summed E-state index contributed by atoms with van der Waals surface area (Å²) in [5, 5.41) is 0. The van der Waals surface area contributed by atoms with Crippen molar-refractivity contribution in [2.75, 3.05) is 5.75 Å². The Kier molecular flexibility index (Phi) is 6.20. The van der Waals surface area contributed by atoms with E-state index in [1.54, 1.807) is 41.3 Å². The lowest BCUT2D eigenvalue weighted by atomic mass is 10.1. The van der Waals surface area contributed by atoms with Crippen molar-refractivity contribution in [3.05, 3.63) is 65.7 Å². The Morgan fingerprint density at radius 3 is 2.16 bits per heavy atom. The number of amides is 1. The quantitative estimate of drug-likeness (QED) is 0.709. The maximum absolute atomic E-state index is 12.7. The van der Waals surface area contributed by atoms with E-state index in [2.05, 4.69) is 0 Å². The Morgan fingerprint density at radius 2 is 1.64 bits per heavy atom. The van der Waals surface area contributed by atoms with Crippen LogP contribution in [0.2, 0.25) is 0 Å². The van der Waals surface area contributed by atoms with Gasteiger partial charge in [-0.15, -0.1) is 0 Å². The molecule has 0 aromatic heterocycles. The Balaban J connectivity index is 2.14. The fourth-order valence-electron chi connectivity index (χ4n) is 2.29. The van der Waals surface area contributed by atoms with E-state index in [9.17, 15) is 13.2 Å². The Bertz CT molecular complexity index is 799. The van der Waals surface area contributed by atoms with Gasteiger partial charge < -0.3 is 9.08 Å². The van der Waals surface area contributed by atoms with Gasteiger partial charge in [0.15, 0.2) is 0 Å². The van der Waals surface area contributed by atoms with Gasteiger partial charge >= 0.3 is 10.1 Å². The molecule has 0 aliphatic carbocycles. The zero-order valence-electron chi connectivity index (χ0n) is 14.7. The van der Waals surface area contributed by atoms with Gasteiger partial charge in [0, 0.05) is 18.2 Å². The van der Waals surface area contributed by atoms with Gasteiger partial charge in [-0.05, 0) is 50.6 Å². The first-order chi connectivity index (χ1) is 11.8. The van der Waals surface area contributed by atoms with Gasteiger partial charge in [-0.3, -0.25) is 4.79 Å². The molecule has 2 aromatic carbocycles. The fourth-order valence-corrected chi connectivity index (χ4v) is 2.81. The lowest BCUT2D eigenvalue weighted by Gasteiger charge is -2.27. The molecule has 0 fully saturated rings. The highest BCUT2D eigenvalue weighted by Gasteiger charge is 2.19. The van der Waals surface area contributed by atoms with Crippen LogP contribution in [0.4, 0.5) is 0 Å². The Hall–Kier alpha value is -2.34. The first-order valence-electron chi connectivity index (χ1n) is 8.19. The smallest absolute Gasteiger partial charge is 0.308 e. The van der Waals surface area contributed by atoms with Crippen LogP contribution >= 0.6 is 0 Å². The number of carbonyl (C=O) groups excluding carboxylic acids is 1. The topological polar surface area (TPSA) is 63.7 Å². The second-order valence-electron chi connectivity index (χ2n) is 5.97. The molecule has 0 saturated carbocycles. The average molecular weight is 361 g/mol. The Morgan fingerprint density at radius 1 is 1.04 bits per heavy atom. The van der Waals surface area contributed by atoms with E-state index in [1.165, 1.54) is 6.92 Å². The molecular weight excluding hydrogens is 338 g/mol. The summed E-state index contributed by atoms with van der Waals surface area (Å²) < 4.78 is 28.0. The molecule has 25 heavy (non-hydrogen) atoms. The summed E-state index contributed by atoms with van der Waals surface area (Å²) in [6, 6.07) is 15.9. The van der Waals surface area contributed by atoms with E-state index in [0.717, 1.165) is 5.56 Å². The van der Waals surface area contributed by atoms with Gasteiger partial charge in [-0.25, -0.2) is 0 Å². The van der Waals surface area contributed by atoms with Crippen LogP contribution in [0, 0.1) is 0 Å². The van der Waals surface area contributed by atoms with E-state index in [0.29, 0.717) is 12.1 Å². The number of rotatable bonds is 7. The molecule has 1 amide bonds. The van der Waals surface area contributed by atoms with Gasteiger partial charge in [0.25, 0.3) is 5.91 Å². The van der Waals surface area contributed by atoms with E-state index in [-0.39, 0.29) is 23.5 Å². The molecule has 134 valence electrons. The summed E-state index contributed by atoms with van der Waals surface area (Å²) in [6.07, 6.45) is 0. The van der Waals surface area contributed by atoms with Gasteiger partial charge in [-0.1, -0.05) is 30.3 Å². The van der Waals surface area contributed by atoms with Crippen molar-refractivity contribution in [3.8, 4) is 5.75 Å². The number of hydrogen-bond donors (Lipinski definition) is 0. The molecule has 6 heteroatoms. The fraction of sp³-hybridized carbons (Fsp3) is 0.316. The molecule has 0 aliphatic heterocycles. The summed E-state index contributed by atoms with van der Waals surface area (Å²) in [7, 11) is -3.54. The molecule has 0 N–H and O–H groups in total. The third-order valence-corrected chi connectivity index (χ3v) is 4.91. The maximum atomic E-state index is 12.7. The molecule has 0 aliphatic rings. The second-order valence-corrected chi connectivity index (χ2v) is 7.83. The first-order valence-corrected chi connectivity index (χ1v) is 9.77. The van der Waals surface area contributed by atoms with E-state index < -0.39 is 10.1 Å². The van der Waals surface area contributed by atoms with Gasteiger partial charge in [-0.2, -0.15) is 8.42 Å². The zero-order chi connectivity index (χ0) is 18.4. The van der Waals surface area contributed by atoms with Crippen LogP contribution in [-0.2, 0) is 16.7 Å². The van der Waals surface area contributed by atoms with Crippen molar-refractivity contribution in [3.63, 3.8) is 0 Å². The van der Waals surface area contributed by atoms with E-state index in [1.807, 2.05) is 32.0 Å². The summed E-state index contributed by atoms with van der Waals surface area (Å²) in [6.45, 7) is 5.89. The summed E-state index contributed by atoms with van der Waals surface area (Å²) in [4.78, 5) is 14.5. The van der Waals surface area contributed by atoms with Gasteiger partial charge in [0.2, 0.25) is 0 Å². The molecule has 0 atom stereocenters. The van der Waals surface area contributed by atoms with Crippen LogP contribution in [0.15, 0.2) is 54.6 Å². The predicted octanol–water partition coefficient (Wildman–Crippen LogP) is 3.47. The van der Waals surface area contributed by atoms with E-state index in [4.69, 9.17) is 4.18 Å². The highest BCUT2D eigenvalue weighted by molar-refractivity contribution is 7.87. The zero-order valence-corrected chi connectivity index (χ0v) is 15.5. The predicted molar refractivity (Wildman–Crippen MR) is 98.0 cm³/mol. The minimum Gasteiger partial charge on any atom is -0.382 e. The molecule has 2 rings (SSSR count). The van der Waals surface area contributed by atoms with Crippen molar-refractivity contribution in [1.82, 2.24) is 4.90 Å². The lowest BCUT2D eigenvalue weighted by molar-refractivity contribution is 0.0690. The summed E-state index contributed by atoms with van der Waals surface area (Å²) >= 11 is 0. The molecule has 5 nitrogen and oxygen atoms in total. The van der Waals surface area contributed by atoms with Crippen molar-refractivity contribution in [2.45, 2.75) is 33.4 Å². The number of hydrogen-bond acceptors (Lipinski definition) is 4. The van der Waals surface area contributed by atoms with Crippen LogP contribution in [0.5, 0.6) is 5.75 Å². The van der Waals surface area contributed by atoms with Crippen molar-refractivity contribution in [2.24, 2.45) is 0 Å². The minimum atomic E-state index is -3.54. The maximum Gasteiger partial charge on any atom is 0.308 e.